The van der Waals surface area contributed by atoms with Gasteiger partial charge in [-0.3, -0.25) is 4.79 Å². The van der Waals surface area contributed by atoms with E-state index < -0.39 is 15.7 Å². The first kappa shape index (κ1) is 19.8. The molecule has 0 aliphatic carbocycles. The Morgan fingerprint density at radius 2 is 1.79 bits per heavy atom. The van der Waals surface area contributed by atoms with Crippen molar-refractivity contribution < 1.29 is 13.2 Å². The second-order valence-corrected chi connectivity index (χ2v) is 10.1. The standard InChI is InChI=1S/C21H17ClN2O3S2/c1-24-18-11-6-14-4-2-3-5-17(14)20(18)28-21(24)23-19(25)12-13-29(26,27)16-9-7-15(22)8-10-16/h2-11H,12-13H2,1H3. The van der Waals surface area contributed by atoms with Crippen LogP contribution in [0.15, 0.2) is 70.6 Å². The molecule has 0 fully saturated rings. The van der Waals surface area contributed by atoms with Crippen molar-refractivity contribution in [3.63, 3.8) is 0 Å². The number of carbonyl (C=O) groups is 1. The van der Waals surface area contributed by atoms with E-state index in [-0.39, 0.29) is 17.1 Å². The summed E-state index contributed by atoms with van der Waals surface area (Å²) in [5.74, 6) is -0.761. The lowest BCUT2D eigenvalue weighted by atomic mass is 10.1. The number of nitrogens with zero attached hydrogens (tertiary/aromatic N) is 2. The van der Waals surface area contributed by atoms with Crippen molar-refractivity contribution in [2.75, 3.05) is 5.75 Å². The number of aromatic nitrogens is 1. The quantitative estimate of drug-likeness (QED) is 0.470. The first-order chi connectivity index (χ1) is 13.8. The molecule has 148 valence electrons. The molecule has 0 saturated carbocycles. The Kier molecular flexibility index (Phi) is 5.29. The summed E-state index contributed by atoms with van der Waals surface area (Å²) in [6, 6.07) is 18.0. The molecule has 3 aromatic carbocycles. The van der Waals surface area contributed by atoms with Gasteiger partial charge >= 0.3 is 0 Å². The molecule has 0 aliphatic rings. The summed E-state index contributed by atoms with van der Waals surface area (Å²) < 4.78 is 27.7. The second kappa shape index (κ2) is 7.74. The van der Waals surface area contributed by atoms with Gasteiger partial charge in [0.2, 0.25) is 5.91 Å². The maximum absolute atomic E-state index is 12.4. The fraction of sp³-hybridized carbons (Fsp3) is 0.143. The van der Waals surface area contributed by atoms with Crippen LogP contribution < -0.4 is 4.80 Å². The van der Waals surface area contributed by atoms with Crippen LogP contribution in [0.3, 0.4) is 0 Å². The predicted molar refractivity (Wildman–Crippen MR) is 117 cm³/mol. The van der Waals surface area contributed by atoms with E-state index in [2.05, 4.69) is 4.99 Å². The van der Waals surface area contributed by atoms with Gasteiger partial charge in [0.25, 0.3) is 0 Å². The van der Waals surface area contributed by atoms with Crippen LogP contribution in [0.2, 0.25) is 5.02 Å². The van der Waals surface area contributed by atoms with E-state index >= 15 is 0 Å². The molecule has 8 heteroatoms. The monoisotopic (exact) mass is 444 g/mol. The van der Waals surface area contributed by atoms with E-state index in [0.29, 0.717) is 9.82 Å². The smallest absolute Gasteiger partial charge is 0.249 e. The van der Waals surface area contributed by atoms with Gasteiger partial charge in [-0.1, -0.05) is 53.3 Å². The SMILES string of the molecule is Cn1c(=NC(=O)CCS(=O)(=O)c2ccc(Cl)cc2)sc2c3ccccc3ccc21. The number of carbonyl (C=O) groups excluding carboxylic acids is 1. The van der Waals surface area contributed by atoms with Crippen molar-refractivity contribution in [3.8, 4) is 0 Å². The third-order valence-electron chi connectivity index (χ3n) is 4.68. The van der Waals surface area contributed by atoms with Gasteiger partial charge in [-0.2, -0.15) is 4.99 Å². The molecular formula is C21H17ClN2O3S2. The molecule has 1 amide bonds. The largest absolute Gasteiger partial charge is 0.319 e. The second-order valence-electron chi connectivity index (χ2n) is 6.61. The number of aryl methyl sites for hydroxylation is 1. The van der Waals surface area contributed by atoms with Crippen molar-refractivity contribution in [2.45, 2.75) is 11.3 Å². The normalized spacial score (nSPS) is 12.7. The highest BCUT2D eigenvalue weighted by Crippen LogP contribution is 2.27. The number of fused-ring (bicyclic) bond motifs is 3. The fourth-order valence-corrected chi connectivity index (χ4v) is 5.63. The van der Waals surface area contributed by atoms with E-state index in [9.17, 15) is 13.2 Å². The number of hydrogen-bond acceptors (Lipinski definition) is 4. The first-order valence-corrected chi connectivity index (χ1v) is 11.7. The fourth-order valence-electron chi connectivity index (χ4n) is 3.11. The molecular weight excluding hydrogens is 428 g/mol. The number of sulfone groups is 1. The molecule has 29 heavy (non-hydrogen) atoms. The van der Waals surface area contributed by atoms with E-state index in [1.54, 1.807) is 0 Å². The highest BCUT2D eigenvalue weighted by Gasteiger charge is 2.16. The van der Waals surface area contributed by atoms with Gasteiger partial charge in [0, 0.05) is 23.9 Å². The zero-order chi connectivity index (χ0) is 20.6. The molecule has 0 bridgehead atoms. The molecule has 1 aromatic heterocycles. The van der Waals surface area contributed by atoms with Crippen LogP contribution in [0.4, 0.5) is 0 Å². The van der Waals surface area contributed by atoms with E-state index in [1.165, 1.54) is 35.6 Å². The lowest BCUT2D eigenvalue weighted by Crippen LogP contribution is -2.15. The van der Waals surface area contributed by atoms with Crippen molar-refractivity contribution >= 4 is 59.7 Å². The molecule has 4 aromatic rings. The van der Waals surface area contributed by atoms with Crippen LogP contribution in [0.5, 0.6) is 0 Å². The first-order valence-electron chi connectivity index (χ1n) is 8.88. The number of hydrogen-bond donors (Lipinski definition) is 0. The molecule has 0 aliphatic heterocycles. The van der Waals surface area contributed by atoms with Gasteiger partial charge in [-0.15, -0.1) is 0 Å². The van der Waals surface area contributed by atoms with E-state index in [4.69, 9.17) is 11.6 Å². The summed E-state index contributed by atoms with van der Waals surface area (Å²) in [6.07, 6.45) is -0.181. The van der Waals surface area contributed by atoms with E-state index in [1.807, 2.05) is 48.0 Å². The van der Waals surface area contributed by atoms with Gasteiger partial charge in [0.05, 0.1) is 20.9 Å². The summed E-state index contributed by atoms with van der Waals surface area (Å²) in [4.78, 5) is 17.2. The summed E-state index contributed by atoms with van der Waals surface area (Å²) in [7, 11) is -1.72. The van der Waals surface area contributed by atoms with Crippen molar-refractivity contribution in [3.05, 3.63) is 70.5 Å². The molecule has 0 radical (unpaired) electrons. The molecule has 0 unspecified atom stereocenters. The molecule has 0 spiro atoms. The zero-order valence-corrected chi connectivity index (χ0v) is 17.9. The highest BCUT2D eigenvalue weighted by atomic mass is 35.5. The number of rotatable bonds is 4. The van der Waals surface area contributed by atoms with Gasteiger partial charge in [0.1, 0.15) is 0 Å². The lowest BCUT2D eigenvalue weighted by Gasteiger charge is -2.02. The maximum atomic E-state index is 12.4. The van der Waals surface area contributed by atoms with Crippen LogP contribution in [-0.4, -0.2) is 24.6 Å². The topological polar surface area (TPSA) is 68.5 Å². The van der Waals surface area contributed by atoms with Crippen molar-refractivity contribution in [2.24, 2.45) is 12.0 Å². The zero-order valence-electron chi connectivity index (χ0n) is 15.5. The Hall–Kier alpha value is -2.48. The van der Waals surface area contributed by atoms with E-state index in [0.717, 1.165) is 21.0 Å². The number of amides is 1. The molecule has 0 atom stereocenters. The Morgan fingerprint density at radius 1 is 1.07 bits per heavy atom. The summed E-state index contributed by atoms with van der Waals surface area (Å²) in [5, 5.41) is 2.68. The number of thiazole rings is 1. The van der Waals surface area contributed by atoms with Gasteiger partial charge < -0.3 is 4.57 Å². The minimum absolute atomic E-state index is 0.147. The average molecular weight is 445 g/mol. The Morgan fingerprint density at radius 3 is 2.55 bits per heavy atom. The average Bonchev–Trinajstić information content (AvgIpc) is 3.03. The number of benzene rings is 3. The maximum Gasteiger partial charge on any atom is 0.249 e. The van der Waals surface area contributed by atoms with Gasteiger partial charge in [-0.25, -0.2) is 8.42 Å². The summed E-state index contributed by atoms with van der Waals surface area (Å²) >= 11 is 7.22. The molecule has 0 saturated heterocycles. The Labute approximate surface area is 176 Å². The minimum Gasteiger partial charge on any atom is -0.319 e. The molecule has 4 rings (SSSR count). The molecule has 5 nitrogen and oxygen atoms in total. The summed E-state index contributed by atoms with van der Waals surface area (Å²) in [6.45, 7) is 0. The Balaban J connectivity index is 1.61. The van der Waals surface area contributed by atoms with Crippen LogP contribution in [0, 0.1) is 0 Å². The molecule has 1 heterocycles. The minimum atomic E-state index is -3.57. The van der Waals surface area contributed by atoms with Crippen molar-refractivity contribution in [1.29, 1.82) is 0 Å². The highest BCUT2D eigenvalue weighted by molar-refractivity contribution is 7.91. The molecule has 0 N–H and O–H groups in total. The third-order valence-corrected chi connectivity index (χ3v) is 7.84. The van der Waals surface area contributed by atoms with Crippen molar-refractivity contribution in [1.82, 2.24) is 4.57 Å². The van der Waals surface area contributed by atoms with Crippen LogP contribution in [-0.2, 0) is 21.7 Å². The van der Waals surface area contributed by atoms with Gasteiger partial charge in [-0.05, 0) is 35.7 Å². The van der Waals surface area contributed by atoms with Crippen LogP contribution >= 0.6 is 22.9 Å². The Bertz CT molecular complexity index is 1400. The lowest BCUT2D eigenvalue weighted by molar-refractivity contribution is -0.117. The third kappa shape index (κ3) is 3.99. The number of halogens is 1. The van der Waals surface area contributed by atoms with Crippen LogP contribution in [0.25, 0.3) is 21.0 Å². The van der Waals surface area contributed by atoms with Crippen LogP contribution in [0.1, 0.15) is 6.42 Å². The summed E-state index contributed by atoms with van der Waals surface area (Å²) in [5.41, 5.74) is 0.981. The predicted octanol–water partition coefficient (Wildman–Crippen LogP) is 4.34. The van der Waals surface area contributed by atoms with Gasteiger partial charge in [0.15, 0.2) is 14.6 Å².